The molecule has 1 aliphatic heterocycles. The van der Waals surface area contributed by atoms with Crippen LogP contribution in [0.25, 0.3) is 0 Å². The first-order valence-electron chi connectivity index (χ1n) is 7.65. The minimum Gasteiger partial charge on any atom is -0.482 e. The number of ether oxygens (including phenoxy) is 1. The van der Waals surface area contributed by atoms with E-state index < -0.39 is 0 Å². The molecule has 0 saturated heterocycles. The molecule has 1 aromatic heterocycles. The number of aromatic nitrogens is 1. The summed E-state index contributed by atoms with van der Waals surface area (Å²) in [5, 5.41) is 2.73. The molecule has 1 amide bonds. The number of rotatable bonds is 4. The standard InChI is InChI=1S/C18H18N2O3/c1-3-13-5-4-12(2)20(9-13)10-16(21)14-6-7-17-15(8-14)19-18(22)11-23-17/h4-9H,3,10-11H2,1-2H3/p+1. The summed E-state index contributed by atoms with van der Waals surface area (Å²) < 4.78 is 7.26. The summed E-state index contributed by atoms with van der Waals surface area (Å²) in [7, 11) is 0. The molecule has 0 fully saturated rings. The van der Waals surface area contributed by atoms with Crippen molar-refractivity contribution in [3.8, 4) is 5.75 Å². The SMILES string of the molecule is CCc1ccc(C)[n+](CC(=O)c2ccc3c(c2)NC(=O)CO3)c1. The zero-order valence-electron chi connectivity index (χ0n) is 13.3. The molecule has 23 heavy (non-hydrogen) atoms. The van der Waals surface area contributed by atoms with E-state index in [0.717, 1.165) is 12.1 Å². The second kappa shape index (κ2) is 6.20. The van der Waals surface area contributed by atoms with Gasteiger partial charge in [0, 0.05) is 24.1 Å². The van der Waals surface area contributed by atoms with Crippen LogP contribution in [0.1, 0.15) is 28.5 Å². The van der Waals surface area contributed by atoms with Crippen LogP contribution in [0.2, 0.25) is 0 Å². The van der Waals surface area contributed by atoms with Gasteiger partial charge in [-0.1, -0.05) is 6.92 Å². The van der Waals surface area contributed by atoms with Crippen molar-refractivity contribution in [3.63, 3.8) is 0 Å². The molecule has 0 aliphatic carbocycles. The molecule has 5 heteroatoms. The second-order valence-electron chi connectivity index (χ2n) is 5.63. The molecule has 118 valence electrons. The Kier molecular flexibility index (Phi) is 4.10. The van der Waals surface area contributed by atoms with Crippen LogP contribution in [0.4, 0.5) is 5.69 Å². The number of pyridine rings is 1. The zero-order valence-corrected chi connectivity index (χ0v) is 13.3. The first-order chi connectivity index (χ1) is 11.1. The molecular formula is C18H19N2O3+. The lowest BCUT2D eigenvalue weighted by atomic mass is 10.1. The van der Waals surface area contributed by atoms with Crippen molar-refractivity contribution in [1.82, 2.24) is 0 Å². The fraction of sp³-hybridized carbons (Fsp3) is 0.278. The molecule has 1 aliphatic rings. The van der Waals surface area contributed by atoms with Gasteiger partial charge in [-0.15, -0.1) is 0 Å². The van der Waals surface area contributed by atoms with Gasteiger partial charge in [-0.25, -0.2) is 0 Å². The van der Waals surface area contributed by atoms with Gasteiger partial charge in [-0.05, 0) is 30.7 Å². The van der Waals surface area contributed by atoms with Crippen LogP contribution in [0.3, 0.4) is 0 Å². The minimum atomic E-state index is -0.206. The Morgan fingerprint density at radius 2 is 2.13 bits per heavy atom. The highest BCUT2D eigenvalue weighted by Gasteiger charge is 2.20. The van der Waals surface area contributed by atoms with E-state index in [1.54, 1.807) is 18.2 Å². The van der Waals surface area contributed by atoms with Crippen LogP contribution in [-0.2, 0) is 17.8 Å². The summed E-state index contributed by atoms with van der Waals surface area (Å²) in [6, 6.07) is 9.23. The highest BCUT2D eigenvalue weighted by molar-refractivity contribution is 6.00. The number of ketones is 1. The maximum absolute atomic E-state index is 12.6. The topological polar surface area (TPSA) is 59.3 Å². The smallest absolute Gasteiger partial charge is 0.262 e. The number of anilines is 1. The molecule has 3 rings (SSSR count). The van der Waals surface area contributed by atoms with E-state index in [4.69, 9.17) is 4.74 Å². The summed E-state index contributed by atoms with van der Waals surface area (Å²) in [6.07, 6.45) is 2.94. The van der Waals surface area contributed by atoms with Crippen molar-refractivity contribution >= 4 is 17.4 Å². The van der Waals surface area contributed by atoms with E-state index in [0.29, 0.717) is 17.0 Å². The van der Waals surface area contributed by atoms with Gasteiger partial charge in [0.1, 0.15) is 5.75 Å². The van der Waals surface area contributed by atoms with Gasteiger partial charge in [-0.3, -0.25) is 9.59 Å². The highest BCUT2D eigenvalue weighted by Crippen LogP contribution is 2.28. The predicted octanol–water partition coefficient (Wildman–Crippen LogP) is 2.06. The van der Waals surface area contributed by atoms with Crippen LogP contribution in [0.15, 0.2) is 36.5 Å². The highest BCUT2D eigenvalue weighted by atomic mass is 16.5. The number of hydrogen-bond acceptors (Lipinski definition) is 3. The van der Waals surface area contributed by atoms with Crippen LogP contribution in [0.5, 0.6) is 5.75 Å². The number of nitrogens with zero attached hydrogens (tertiary/aromatic N) is 1. The average Bonchev–Trinajstić information content (AvgIpc) is 2.56. The van der Waals surface area contributed by atoms with Gasteiger partial charge in [0.05, 0.1) is 5.69 Å². The molecule has 5 nitrogen and oxygen atoms in total. The molecule has 0 atom stereocenters. The number of aryl methyl sites for hydroxylation is 2. The van der Waals surface area contributed by atoms with Gasteiger partial charge in [0.2, 0.25) is 12.3 Å². The molecule has 0 radical (unpaired) electrons. The van der Waals surface area contributed by atoms with Crippen LogP contribution in [0, 0.1) is 6.92 Å². The lowest BCUT2D eigenvalue weighted by Crippen LogP contribution is -2.41. The quantitative estimate of drug-likeness (QED) is 0.694. The van der Waals surface area contributed by atoms with E-state index in [1.165, 1.54) is 5.56 Å². The Morgan fingerprint density at radius 1 is 1.30 bits per heavy atom. The summed E-state index contributed by atoms with van der Waals surface area (Å²) in [5.74, 6) is 0.384. The van der Waals surface area contributed by atoms with Crippen molar-refractivity contribution in [2.45, 2.75) is 26.8 Å². The molecule has 2 aromatic rings. The predicted molar refractivity (Wildman–Crippen MR) is 85.6 cm³/mol. The van der Waals surface area contributed by atoms with Crippen molar-refractivity contribution < 1.29 is 18.9 Å². The molecule has 0 spiro atoms. The molecule has 2 heterocycles. The number of hydrogen-bond donors (Lipinski definition) is 1. The van der Waals surface area contributed by atoms with Gasteiger partial charge in [0.25, 0.3) is 5.91 Å². The van der Waals surface area contributed by atoms with Gasteiger partial charge < -0.3 is 10.1 Å². The van der Waals surface area contributed by atoms with Crippen LogP contribution >= 0.6 is 0 Å². The van der Waals surface area contributed by atoms with Crippen molar-refractivity contribution in [3.05, 3.63) is 53.3 Å². The number of amides is 1. The Morgan fingerprint density at radius 3 is 2.91 bits per heavy atom. The van der Waals surface area contributed by atoms with Crippen LogP contribution in [-0.4, -0.2) is 18.3 Å². The number of Topliss-reactive ketones (excluding diaryl/α,β-unsaturated/α-hetero) is 1. The summed E-state index contributed by atoms with van der Waals surface area (Å²) >= 11 is 0. The van der Waals surface area contributed by atoms with Gasteiger partial charge >= 0.3 is 0 Å². The van der Waals surface area contributed by atoms with E-state index in [9.17, 15) is 9.59 Å². The monoisotopic (exact) mass is 311 g/mol. The number of fused-ring (bicyclic) bond motifs is 1. The van der Waals surface area contributed by atoms with E-state index in [-0.39, 0.29) is 24.8 Å². The first kappa shape index (κ1) is 15.2. The number of nitrogens with one attached hydrogen (secondary N) is 1. The Balaban J connectivity index is 1.84. The van der Waals surface area contributed by atoms with Gasteiger partial charge in [-0.2, -0.15) is 4.57 Å². The van der Waals surface area contributed by atoms with Gasteiger partial charge in [0.15, 0.2) is 18.5 Å². The molecule has 1 N–H and O–H groups in total. The third-order valence-corrected chi connectivity index (χ3v) is 3.97. The minimum absolute atomic E-state index is 0.00558. The Labute approximate surface area is 134 Å². The Bertz CT molecular complexity index is 784. The maximum Gasteiger partial charge on any atom is 0.262 e. The fourth-order valence-electron chi connectivity index (χ4n) is 2.55. The van der Waals surface area contributed by atoms with E-state index in [1.807, 2.05) is 23.8 Å². The lowest BCUT2D eigenvalue weighted by Gasteiger charge is -2.18. The second-order valence-corrected chi connectivity index (χ2v) is 5.63. The fourth-order valence-corrected chi connectivity index (χ4v) is 2.55. The number of carbonyl (C=O) groups excluding carboxylic acids is 2. The normalized spacial score (nSPS) is 13.0. The van der Waals surface area contributed by atoms with E-state index in [2.05, 4.69) is 18.3 Å². The molecule has 0 bridgehead atoms. The van der Waals surface area contributed by atoms with Crippen LogP contribution < -0.4 is 14.6 Å². The summed E-state index contributed by atoms with van der Waals surface area (Å²) in [4.78, 5) is 23.9. The number of carbonyl (C=O) groups is 2. The summed E-state index contributed by atoms with van der Waals surface area (Å²) in [5.41, 5.74) is 3.33. The molecular weight excluding hydrogens is 292 g/mol. The van der Waals surface area contributed by atoms with E-state index >= 15 is 0 Å². The van der Waals surface area contributed by atoms with Crippen molar-refractivity contribution in [2.24, 2.45) is 0 Å². The molecule has 1 aromatic carbocycles. The molecule has 0 saturated carbocycles. The average molecular weight is 311 g/mol. The Hall–Kier alpha value is -2.69. The maximum atomic E-state index is 12.6. The van der Waals surface area contributed by atoms with Crippen molar-refractivity contribution in [1.29, 1.82) is 0 Å². The third-order valence-electron chi connectivity index (χ3n) is 3.97. The number of benzene rings is 1. The summed E-state index contributed by atoms with van der Waals surface area (Å²) in [6.45, 7) is 4.35. The lowest BCUT2D eigenvalue weighted by molar-refractivity contribution is -0.689. The van der Waals surface area contributed by atoms with Crippen molar-refractivity contribution in [2.75, 3.05) is 11.9 Å². The third kappa shape index (κ3) is 3.23. The first-order valence-corrected chi connectivity index (χ1v) is 7.65. The largest absolute Gasteiger partial charge is 0.482 e. The zero-order chi connectivity index (χ0) is 16.4. The molecule has 0 unspecified atom stereocenters.